The zero-order valence-corrected chi connectivity index (χ0v) is 11.4. The van der Waals surface area contributed by atoms with E-state index >= 15 is 0 Å². The van der Waals surface area contributed by atoms with Crippen LogP contribution in [0.3, 0.4) is 0 Å². The maximum Gasteiger partial charge on any atom is 0.0717 e. The Bertz CT molecular complexity index is 277. The van der Waals surface area contributed by atoms with E-state index in [1.54, 1.807) is 0 Å². The monoisotopic (exact) mass is 251 g/mol. The van der Waals surface area contributed by atoms with Crippen molar-refractivity contribution in [2.24, 2.45) is 0 Å². The molecule has 0 aliphatic carbocycles. The summed E-state index contributed by atoms with van der Waals surface area (Å²) >= 11 is 0. The number of hydrogen-bond acceptors (Lipinski definition) is 3. The SMILES string of the molecule is CCOCCCCNCCOCc1ccccc1. The fourth-order valence-corrected chi connectivity index (χ4v) is 1.63. The molecule has 3 nitrogen and oxygen atoms in total. The van der Waals surface area contributed by atoms with Crippen LogP contribution in [0.25, 0.3) is 0 Å². The Labute approximate surface area is 110 Å². The van der Waals surface area contributed by atoms with Gasteiger partial charge in [0.2, 0.25) is 0 Å². The maximum absolute atomic E-state index is 5.58. The molecule has 1 rings (SSSR count). The molecule has 1 aromatic carbocycles. The quantitative estimate of drug-likeness (QED) is 0.613. The predicted octanol–water partition coefficient (Wildman–Crippen LogP) is 2.61. The Hall–Kier alpha value is -0.900. The summed E-state index contributed by atoms with van der Waals surface area (Å²) in [5, 5.41) is 3.37. The highest BCUT2D eigenvalue weighted by molar-refractivity contribution is 5.13. The standard InChI is InChI=1S/C15H25NO2/c1-2-17-12-7-6-10-16-11-13-18-14-15-8-4-3-5-9-15/h3-5,8-9,16H,2,6-7,10-14H2,1H3. The van der Waals surface area contributed by atoms with E-state index in [2.05, 4.69) is 17.4 Å². The lowest BCUT2D eigenvalue weighted by molar-refractivity contribution is 0.122. The first-order chi connectivity index (χ1) is 8.93. The van der Waals surface area contributed by atoms with Crippen molar-refractivity contribution in [2.45, 2.75) is 26.4 Å². The minimum atomic E-state index is 0.701. The van der Waals surface area contributed by atoms with Crippen LogP contribution in [0.4, 0.5) is 0 Å². The second-order valence-corrected chi connectivity index (χ2v) is 4.19. The van der Waals surface area contributed by atoms with Gasteiger partial charge in [-0.1, -0.05) is 30.3 Å². The molecule has 0 radical (unpaired) electrons. The smallest absolute Gasteiger partial charge is 0.0717 e. The molecule has 1 aromatic rings. The average Bonchev–Trinajstić information content (AvgIpc) is 2.42. The summed E-state index contributed by atoms with van der Waals surface area (Å²) in [5.41, 5.74) is 1.23. The molecule has 0 atom stereocenters. The largest absolute Gasteiger partial charge is 0.382 e. The van der Waals surface area contributed by atoms with Crippen molar-refractivity contribution in [1.29, 1.82) is 0 Å². The molecular weight excluding hydrogens is 226 g/mol. The van der Waals surface area contributed by atoms with E-state index in [-0.39, 0.29) is 0 Å². The lowest BCUT2D eigenvalue weighted by Gasteiger charge is -2.06. The van der Waals surface area contributed by atoms with E-state index in [0.29, 0.717) is 6.61 Å². The molecule has 0 spiro atoms. The van der Waals surface area contributed by atoms with Gasteiger partial charge in [0.25, 0.3) is 0 Å². The molecule has 0 saturated carbocycles. The summed E-state index contributed by atoms with van der Waals surface area (Å²) in [6.45, 7) is 7.15. The van der Waals surface area contributed by atoms with Crippen molar-refractivity contribution in [3.05, 3.63) is 35.9 Å². The first-order valence-corrected chi connectivity index (χ1v) is 6.83. The van der Waals surface area contributed by atoms with E-state index in [4.69, 9.17) is 9.47 Å². The van der Waals surface area contributed by atoms with Crippen LogP contribution in [0, 0.1) is 0 Å². The van der Waals surface area contributed by atoms with Crippen molar-refractivity contribution in [2.75, 3.05) is 32.9 Å². The van der Waals surface area contributed by atoms with Gasteiger partial charge in [-0.3, -0.25) is 0 Å². The van der Waals surface area contributed by atoms with Gasteiger partial charge in [0.05, 0.1) is 13.2 Å². The lowest BCUT2D eigenvalue weighted by atomic mass is 10.2. The molecule has 0 heterocycles. The predicted molar refractivity (Wildman–Crippen MR) is 74.7 cm³/mol. The first-order valence-electron chi connectivity index (χ1n) is 6.83. The van der Waals surface area contributed by atoms with Crippen LogP contribution >= 0.6 is 0 Å². The molecule has 0 amide bonds. The third-order valence-corrected chi connectivity index (χ3v) is 2.63. The van der Waals surface area contributed by atoms with Gasteiger partial charge in [0.1, 0.15) is 0 Å². The summed E-state index contributed by atoms with van der Waals surface area (Å²) in [6.07, 6.45) is 2.30. The van der Waals surface area contributed by atoms with Crippen LogP contribution in [0.2, 0.25) is 0 Å². The molecule has 0 bridgehead atoms. The second kappa shape index (κ2) is 11.2. The molecule has 0 unspecified atom stereocenters. The Morgan fingerprint density at radius 2 is 1.78 bits per heavy atom. The van der Waals surface area contributed by atoms with Crippen molar-refractivity contribution in [3.63, 3.8) is 0 Å². The molecule has 0 fully saturated rings. The minimum Gasteiger partial charge on any atom is -0.382 e. The number of nitrogens with one attached hydrogen (secondary N) is 1. The molecule has 0 aliphatic rings. The van der Waals surface area contributed by atoms with Gasteiger partial charge in [0.15, 0.2) is 0 Å². The summed E-state index contributed by atoms with van der Waals surface area (Å²) in [4.78, 5) is 0. The molecule has 0 aromatic heterocycles. The Kier molecular flexibility index (Phi) is 9.44. The zero-order valence-electron chi connectivity index (χ0n) is 11.4. The molecule has 0 aliphatic heterocycles. The molecular formula is C15H25NO2. The number of hydrogen-bond donors (Lipinski definition) is 1. The molecule has 18 heavy (non-hydrogen) atoms. The fourth-order valence-electron chi connectivity index (χ4n) is 1.63. The third kappa shape index (κ3) is 8.23. The number of benzene rings is 1. The highest BCUT2D eigenvalue weighted by Crippen LogP contribution is 1.99. The molecule has 0 saturated heterocycles. The highest BCUT2D eigenvalue weighted by atomic mass is 16.5. The number of ether oxygens (including phenoxy) is 2. The lowest BCUT2D eigenvalue weighted by Crippen LogP contribution is -2.21. The van der Waals surface area contributed by atoms with E-state index in [9.17, 15) is 0 Å². The Morgan fingerprint density at radius 3 is 2.56 bits per heavy atom. The van der Waals surface area contributed by atoms with Gasteiger partial charge in [-0.25, -0.2) is 0 Å². The molecule has 1 N–H and O–H groups in total. The first kappa shape index (κ1) is 15.2. The summed E-state index contributed by atoms with van der Waals surface area (Å²) in [7, 11) is 0. The van der Waals surface area contributed by atoms with Gasteiger partial charge >= 0.3 is 0 Å². The molecule has 102 valence electrons. The summed E-state index contributed by atoms with van der Waals surface area (Å²) in [5.74, 6) is 0. The van der Waals surface area contributed by atoms with Crippen molar-refractivity contribution >= 4 is 0 Å². The van der Waals surface area contributed by atoms with Crippen LogP contribution < -0.4 is 5.32 Å². The highest BCUT2D eigenvalue weighted by Gasteiger charge is 1.92. The van der Waals surface area contributed by atoms with Gasteiger partial charge in [-0.05, 0) is 31.9 Å². The number of unbranched alkanes of at least 4 members (excludes halogenated alkanes) is 1. The summed E-state index contributed by atoms with van der Waals surface area (Å²) in [6, 6.07) is 10.3. The zero-order chi connectivity index (χ0) is 12.9. The normalized spacial score (nSPS) is 10.7. The fraction of sp³-hybridized carbons (Fsp3) is 0.600. The van der Waals surface area contributed by atoms with Crippen molar-refractivity contribution in [1.82, 2.24) is 5.32 Å². The average molecular weight is 251 g/mol. The van der Waals surface area contributed by atoms with Crippen LogP contribution in [0.1, 0.15) is 25.3 Å². The number of rotatable bonds is 11. The van der Waals surface area contributed by atoms with E-state index in [1.807, 2.05) is 25.1 Å². The van der Waals surface area contributed by atoms with Gasteiger partial charge in [0, 0.05) is 19.8 Å². The second-order valence-electron chi connectivity index (χ2n) is 4.19. The van der Waals surface area contributed by atoms with Crippen molar-refractivity contribution < 1.29 is 9.47 Å². The van der Waals surface area contributed by atoms with Gasteiger partial charge in [-0.15, -0.1) is 0 Å². The van der Waals surface area contributed by atoms with Gasteiger partial charge < -0.3 is 14.8 Å². The van der Waals surface area contributed by atoms with E-state index in [1.165, 1.54) is 12.0 Å². The minimum absolute atomic E-state index is 0.701. The topological polar surface area (TPSA) is 30.5 Å². The Balaban J connectivity index is 1.82. The van der Waals surface area contributed by atoms with Crippen LogP contribution in [0.5, 0.6) is 0 Å². The van der Waals surface area contributed by atoms with Crippen LogP contribution in [0.15, 0.2) is 30.3 Å². The van der Waals surface area contributed by atoms with Crippen LogP contribution in [-0.2, 0) is 16.1 Å². The Morgan fingerprint density at radius 1 is 0.944 bits per heavy atom. The van der Waals surface area contributed by atoms with E-state index in [0.717, 1.165) is 39.3 Å². The van der Waals surface area contributed by atoms with E-state index < -0.39 is 0 Å². The summed E-state index contributed by atoms with van der Waals surface area (Å²) < 4.78 is 10.9. The van der Waals surface area contributed by atoms with Crippen LogP contribution in [-0.4, -0.2) is 32.9 Å². The third-order valence-electron chi connectivity index (χ3n) is 2.63. The maximum atomic E-state index is 5.58. The van der Waals surface area contributed by atoms with Crippen molar-refractivity contribution in [3.8, 4) is 0 Å². The molecule has 3 heteroatoms. The van der Waals surface area contributed by atoms with Gasteiger partial charge in [-0.2, -0.15) is 0 Å².